The molecule has 2 amide bonds. The molecule has 0 aromatic carbocycles. The maximum atomic E-state index is 13.5. The molecule has 0 aromatic heterocycles. The molecule has 1 aliphatic heterocycles. The standard InChI is InChI=1S/C37H48N2O8/c1-24-13-12-16-27-21-28(40)22-30(34(27)43)38-32(41)23-29(46-3)17-10-5-4-6-11-18-31(25(2)33(24)42)47-36(45)37(19-20-37)39-35(44)26-14-8-7-9-15-26/h4-6,10-11,13,17,21-22,25-26,29,31,33,42H,7-9,12,14-16,18-20,23H2,1-3H3,(H,38,41)(H,39,44)/b5-4+,11-6+,17-10+,24-13-. The normalized spacial score (nSPS) is 31.0. The Morgan fingerprint density at radius 3 is 2.45 bits per heavy atom. The van der Waals surface area contributed by atoms with Gasteiger partial charge in [0.05, 0.1) is 24.3 Å². The fraction of sp³-hybridized carbons (Fsp3) is 0.541. The molecule has 2 fully saturated rings. The molecule has 47 heavy (non-hydrogen) atoms. The van der Waals surface area contributed by atoms with Crippen LogP contribution in [0.2, 0.25) is 0 Å². The summed E-state index contributed by atoms with van der Waals surface area (Å²) in [5.41, 5.74) is -0.190. The highest BCUT2D eigenvalue weighted by atomic mass is 16.5. The third kappa shape index (κ3) is 10.0. The summed E-state index contributed by atoms with van der Waals surface area (Å²) in [6.45, 7) is 3.59. The molecule has 0 saturated heterocycles. The zero-order valence-electron chi connectivity index (χ0n) is 27.7. The number of hydrogen-bond acceptors (Lipinski definition) is 8. The summed E-state index contributed by atoms with van der Waals surface area (Å²) < 4.78 is 11.4. The number of methoxy groups -OCH3 is 1. The predicted molar refractivity (Wildman–Crippen MR) is 176 cm³/mol. The van der Waals surface area contributed by atoms with Gasteiger partial charge in [-0.1, -0.05) is 68.7 Å². The van der Waals surface area contributed by atoms with E-state index in [0.29, 0.717) is 31.3 Å². The number of aliphatic hydroxyl groups is 1. The quantitative estimate of drug-likeness (QED) is 0.226. The Kier molecular flexibility index (Phi) is 12.8. The van der Waals surface area contributed by atoms with Gasteiger partial charge in [0.15, 0.2) is 5.78 Å². The average molecular weight is 649 g/mol. The van der Waals surface area contributed by atoms with Crippen LogP contribution in [0.25, 0.3) is 0 Å². The summed E-state index contributed by atoms with van der Waals surface area (Å²) in [5, 5.41) is 16.9. The van der Waals surface area contributed by atoms with Gasteiger partial charge in [-0.05, 0) is 57.1 Å². The third-order valence-electron chi connectivity index (χ3n) is 9.43. The first kappa shape index (κ1) is 36.0. The smallest absolute Gasteiger partial charge is 0.332 e. The molecule has 0 aromatic rings. The van der Waals surface area contributed by atoms with Crippen LogP contribution in [-0.4, -0.2) is 65.4 Å². The minimum Gasteiger partial charge on any atom is -0.460 e. The Labute approximate surface area is 277 Å². The molecule has 10 nitrogen and oxygen atoms in total. The van der Waals surface area contributed by atoms with Crippen molar-refractivity contribution in [3.05, 3.63) is 71.5 Å². The molecule has 10 heteroatoms. The van der Waals surface area contributed by atoms with Gasteiger partial charge in [-0.2, -0.15) is 0 Å². The molecule has 4 rings (SSSR count). The molecule has 4 unspecified atom stereocenters. The number of Topliss-reactive ketones (excluding diaryl/α,β-unsaturated/α-hetero) is 1. The fourth-order valence-corrected chi connectivity index (χ4v) is 6.18. The number of carbonyl (C=O) groups excluding carboxylic acids is 5. The summed E-state index contributed by atoms with van der Waals surface area (Å²) in [4.78, 5) is 64.6. The van der Waals surface area contributed by atoms with E-state index in [0.717, 1.165) is 38.2 Å². The van der Waals surface area contributed by atoms with Crippen molar-refractivity contribution in [3.63, 3.8) is 0 Å². The number of nitrogens with one attached hydrogen (secondary N) is 2. The summed E-state index contributed by atoms with van der Waals surface area (Å²) in [6, 6.07) is 0. The lowest BCUT2D eigenvalue weighted by Gasteiger charge is -2.30. The maximum Gasteiger partial charge on any atom is 0.332 e. The van der Waals surface area contributed by atoms with Crippen LogP contribution in [0.15, 0.2) is 71.5 Å². The fourth-order valence-electron chi connectivity index (χ4n) is 6.18. The monoisotopic (exact) mass is 648 g/mol. The molecule has 4 aliphatic rings. The first-order valence-electron chi connectivity index (χ1n) is 16.7. The van der Waals surface area contributed by atoms with Gasteiger partial charge in [0.2, 0.25) is 17.6 Å². The second-order valence-corrected chi connectivity index (χ2v) is 13.1. The van der Waals surface area contributed by atoms with Crippen LogP contribution in [0.3, 0.4) is 0 Å². The van der Waals surface area contributed by atoms with Gasteiger partial charge in [-0.3, -0.25) is 19.2 Å². The molecule has 0 radical (unpaired) electrons. The topological polar surface area (TPSA) is 148 Å². The molecule has 3 N–H and O–H groups in total. The largest absolute Gasteiger partial charge is 0.460 e. The Morgan fingerprint density at radius 1 is 1.02 bits per heavy atom. The summed E-state index contributed by atoms with van der Waals surface area (Å²) in [6.07, 6.45) is 19.4. The first-order valence-corrected chi connectivity index (χ1v) is 16.7. The molecule has 3 aliphatic carbocycles. The van der Waals surface area contributed by atoms with Crippen LogP contribution in [-0.2, 0) is 33.4 Å². The Balaban J connectivity index is 1.52. The van der Waals surface area contributed by atoms with E-state index < -0.39 is 53.2 Å². The van der Waals surface area contributed by atoms with Crippen LogP contribution in [0.1, 0.15) is 84.5 Å². The van der Waals surface area contributed by atoms with E-state index in [9.17, 15) is 29.1 Å². The number of fused-ring (bicyclic) bond motifs is 2. The number of carbonyl (C=O) groups is 5. The maximum absolute atomic E-state index is 13.5. The molecular weight excluding hydrogens is 600 g/mol. The minimum atomic E-state index is -1.01. The minimum absolute atomic E-state index is 0.0537. The number of amides is 2. The predicted octanol–water partition coefficient (Wildman–Crippen LogP) is 4.41. The Morgan fingerprint density at radius 2 is 1.74 bits per heavy atom. The highest BCUT2D eigenvalue weighted by Crippen LogP contribution is 2.39. The van der Waals surface area contributed by atoms with Gasteiger partial charge in [0.25, 0.3) is 0 Å². The van der Waals surface area contributed by atoms with E-state index in [2.05, 4.69) is 10.6 Å². The zero-order valence-corrected chi connectivity index (χ0v) is 27.7. The summed E-state index contributed by atoms with van der Waals surface area (Å²) in [7, 11) is 1.47. The van der Waals surface area contributed by atoms with Crippen molar-refractivity contribution in [1.82, 2.24) is 10.6 Å². The third-order valence-corrected chi connectivity index (χ3v) is 9.43. The van der Waals surface area contributed by atoms with E-state index in [-0.39, 0.29) is 35.9 Å². The number of aliphatic hydroxyl groups excluding tert-OH is 1. The van der Waals surface area contributed by atoms with Crippen LogP contribution in [0, 0.1) is 11.8 Å². The van der Waals surface area contributed by atoms with Gasteiger partial charge >= 0.3 is 5.97 Å². The number of ether oxygens (including phenoxy) is 2. The molecule has 1 heterocycles. The SMILES string of the molecule is COC1/C=C/C=C/C=C/CC(OC(=O)C2(NC(=O)C3CCCCC3)CC2)C(C)C(O)/C(C)=C\CCC2=CC(=O)C=C(NC(=O)C1)C2=O. The molecule has 4 atom stereocenters. The summed E-state index contributed by atoms with van der Waals surface area (Å²) >= 11 is 0. The van der Waals surface area contributed by atoms with E-state index in [1.807, 2.05) is 19.1 Å². The van der Waals surface area contributed by atoms with Gasteiger partial charge in [-0.15, -0.1) is 0 Å². The van der Waals surface area contributed by atoms with Crippen LogP contribution in [0.4, 0.5) is 0 Å². The lowest BCUT2D eigenvalue weighted by atomic mass is 9.88. The van der Waals surface area contributed by atoms with E-state index in [4.69, 9.17) is 9.47 Å². The highest BCUT2D eigenvalue weighted by molar-refractivity contribution is 6.21. The molecule has 0 spiro atoms. The lowest BCUT2D eigenvalue weighted by molar-refractivity contribution is -0.158. The van der Waals surface area contributed by atoms with E-state index in [1.54, 1.807) is 37.3 Å². The van der Waals surface area contributed by atoms with Crippen LogP contribution >= 0.6 is 0 Å². The van der Waals surface area contributed by atoms with Crippen molar-refractivity contribution >= 4 is 29.4 Å². The van der Waals surface area contributed by atoms with Crippen molar-refractivity contribution in [2.24, 2.45) is 11.8 Å². The van der Waals surface area contributed by atoms with Crippen LogP contribution in [0.5, 0.6) is 0 Å². The van der Waals surface area contributed by atoms with E-state index in [1.165, 1.54) is 13.2 Å². The Hall–Kier alpha value is -3.89. The summed E-state index contributed by atoms with van der Waals surface area (Å²) in [5.74, 6) is -2.41. The second kappa shape index (κ2) is 16.8. The number of allylic oxidation sites excluding steroid dienone is 8. The first-order chi connectivity index (χ1) is 22.5. The van der Waals surface area contributed by atoms with Crippen molar-refractivity contribution in [2.75, 3.05) is 7.11 Å². The van der Waals surface area contributed by atoms with Gasteiger partial charge in [0, 0.05) is 37.0 Å². The highest BCUT2D eigenvalue weighted by Gasteiger charge is 2.54. The van der Waals surface area contributed by atoms with Crippen molar-refractivity contribution in [2.45, 2.75) is 108 Å². The number of rotatable bonds is 5. The molecular formula is C37H48N2O8. The van der Waals surface area contributed by atoms with Gasteiger partial charge in [-0.25, -0.2) is 4.79 Å². The number of ketones is 2. The van der Waals surface area contributed by atoms with Crippen molar-refractivity contribution in [3.8, 4) is 0 Å². The second-order valence-electron chi connectivity index (χ2n) is 13.1. The van der Waals surface area contributed by atoms with Crippen molar-refractivity contribution < 1.29 is 38.6 Å². The molecule has 2 saturated carbocycles. The lowest BCUT2D eigenvalue weighted by Crippen LogP contribution is -2.48. The average Bonchev–Trinajstić information content (AvgIpc) is 3.84. The Bertz CT molecular complexity index is 1390. The zero-order chi connectivity index (χ0) is 34.0. The van der Waals surface area contributed by atoms with E-state index >= 15 is 0 Å². The van der Waals surface area contributed by atoms with Crippen molar-refractivity contribution in [1.29, 1.82) is 0 Å². The van der Waals surface area contributed by atoms with Crippen LogP contribution < -0.4 is 10.6 Å². The molecule has 2 bridgehead atoms. The number of esters is 1. The van der Waals surface area contributed by atoms with Gasteiger partial charge < -0.3 is 25.2 Å². The van der Waals surface area contributed by atoms with Gasteiger partial charge in [0.1, 0.15) is 11.6 Å². The molecule has 254 valence electrons. The number of hydrogen-bond donors (Lipinski definition) is 3.